The van der Waals surface area contributed by atoms with Gasteiger partial charge in [0, 0.05) is 17.3 Å². The number of benzene rings is 1. The largest absolute Gasteiger partial charge is 0.481 e. The molecule has 3 N–H and O–H groups in total. The average Bonchev–Trinajstić information content (AvgIpc) is 2.45. The lowest BCUT2D eigenvalue weighted by Crippen LogP contribution is -2.11. The van der Waals surface area contributed by atoms with E-state index in [4.69, 9.17) is 9.84 Å². The van der Waals surface area contributed by atoms with E-state index in [1.165, 1.54) is 12.3 Å². The molecule has 0 aliphatic heterocycles. The van der Waals surface area contributed by atoms with Crippen molar-refractivity contribution in [2.24, 2.45) is 5.10 Å². The Morgan fingerprint density at radius 2 is 2.27 bits per heavy atom. The van der Waals surface area contributed by atoms with Crippen LogP contribution >= 0.6 is 0 Å². The Morgan fingerprint density at radius 3 is 3.00 bits per heavy atom. The monoisotopic (exact) mass is 302 g/mol. The van der Waals surface area contributed by atoms with Crippen molar-refractivity contribution < 1.29 is 14.6 Å². The summed E-state index contributed by atoms with van der Waals surface area (Å²) in [5, 5.41) is 12.6. The van der Waals surface area contributed by atoms with Crippen LogP contribution in [0.4, 0.5) is 5.95 Å². The van der Waals surface area contributed by atoms with Crippen LogP contribution in [-0.2, 0) is 4.79 Å². The fraction of sp³-hybridized carbons (Fsp3) is 0.143. The lowest BCUT2D eigenvalue weighted by Gasteiger charge is -2.06. The maximum atomic E-state index is 11.3. The Hall–Kier alpha value is -3.16. The number of carboxylic acids is 1. The molecule has 1 heterocycles. The summed E-state index contributed by atoms with van der Waals surface area (Å²) < 4.78 is 5.15. The molecule has 0 atom stereocenters. The van der Waals surface area contributed by atoms with Crippen molar-refractivity contribution in [2.75, 3.05) is 12.0 Å². The molecule has 0 radical (unpaired) electrons. The van der Waals surface area contributed by atoms with Crippen LogP contribution in [0.5, 0.6) is 5.75 Å². The molecule has 2 rings (SSSR count). The van der Waals surface area contributed by atoms with Gasteiger partial charge < -0.3 is 9.84 Å². The molecule has 0 saturated heterocycles. The van der Waals surface area contributed by atoms with Crippen LogP contribution in [0.25, 0.3) is 0 Å². The SMILES string of the molecule is Cc1cc(=O)[nH]c(NN=Cc2ccccc2OCC(=O)O)n1. The van der Waals surface area contributed by atoms with E-state index in [1.807, 2.05) is 0 Å². The first kappa shape index (κ1) is 15.2. The van der Waals surface area contributed by atoms with E-state index >= 15 is 0 Å². The van der Waals surface area contributed by atoms with Gasteiger partial charge >= 0.3 is 5.97 Å². The molecule has 8 nitrogen and oxygen atoms in total. The topological polar surface area (TPSA) is 117 Å². The van der Waals surface area contributed by atoms with Gasteiger partial charge in [-0.05, 0) is 19.1 Å². The summed E-state index contributed by atoms with van der Waals surface area (Å²) in [7, 11) is 0. The number of carbonyl (C=O) groups is 1. The standard InChI is InChI=1S/C14H14N4O4/c1-9-6-12(19)17-14(16-9)18-15-7-10-4-2-3-5-11(10)22-8-13(20)21/h2-7H,8H2,1H3,(H,20,21)(H2,16,17,18,19). The minimum atomic E-state index is -1.06. The zero-order chi connectivity index (χ0) is 15.9. The molecule has 2 aromatic rings. The third kappa shape index (κ3) is 4.44. The Labute approximate surface area is 125 Å². The highest BCUT2D eigenvalue weighted by Gasteiger charge is 2.03. The van der Waals surface area contributed by atoms with Crippen LogP contribution < -0.4 is 15.7 Å². The Bertz CT molecular complexity index is 755. The summed E-state index contributed by atoms with van der Waals surface area (Å²) >= 11 is 0. The molecule has 0 aliphatic carbocycles. The molecule has 0 spiro atoms. The number of ether oxygens (including phenoxy) is 1. The first-order chi connectivity index (χ1) is 10.5. The van der Waals surface area contributed by atoms with Gasteiger partial charge in [0.25, 0.3) is 5.56 Å². The number of aromatic amines is 1. The predicted octanol–water partition coefficient (Wildman–Crippen LogP) is 0.988. The Kier molecular flexibility index (Phi) is 4.86. The number of hydrazone groups is 1. The van der Waals surface area contributed by atoms with Gasteiger partial charge in [0.15, 0.2) is 6.61 Å². The fourth-order valence-corrected chi connectivity index (χ4v) is 1.65. The van der Waals surface area contributed by atoms with Gasteiger partial charge in [-0.3, -0.25) is 9.78 Å². The second-order valence-corrected chi connectivity index (χ2v) is 4.33. The number of H-pyrrole nitrogens is 1. The van der Waals surface area contributed by atoms with Crippen LogP contribution in [0.2, 0.25) is 0 Å². The van der Waals surface area contributed by atoms with Gasteiger partial charge in [-0.15, -0.1) is 0 Å². The van der Waals surface area contributed by atoms with Gasteiger partial charge in [0.2, 0.25) is 5.95 Å². The van der Waals surface area contributed by atoms with Crippen LogP contribution in [0.1, 0.15) is 11.3 Å². The molecule has 0 saturated carbocycles. The maximum absolute atomic E-state index is 11.3. The summed E-state index contributed by atoms with van der Waals surface area (Å²) in [5.74, 6) is -0.460. The van der Waals surface area contributed by atoms with E-state index in [0.717, 1.165) is 0 Å². The van der Waals surface area contributed by atoms with Crippen molar-refractivity contribution in [2.45, 2.75) is 6.92 Å². The molecule has 114 valence electrons. The number of rotatable bonds is 6. The predicted molar refractivity (Wildman–Crippen MR) is 80.4 cm³/mol. The highest BCUT2D eigenvalue weighted by atomic mass is 16.5. The number of hydrogen-bond donors (Lipinski definition) is 3. The Balaban J connectivity index is 2.09. The number of nitrogens with zero attached hydrogens (tertiary/aromatic N) is 2. The lowest BCUT2D eigenvalue weighted by molar-refractivity contribution is -0.139. The first-order valence-corrected chi connectivity index (χ1v) is 6.35. The van der Waals surface area contributed by atoms with Crippen molar-refractivity contribution >= 4 is 18.1 Å². The summed E-state index contributed by atoms with van der Waals surface area (Å²) in [5.41, 5.74) is 3.47. The molecule has 0 unspecified atom stereocenters. The number of para-hydroxylation sites is 1. The summed E-state index contributed by atoms with van der Waals surface area (Å²) in [6.45, 7) is 1.25. The van der Waals surface area contributed by atoms with E-state index in [1.54, 1.807) is 31.2 Å². The van der Waals surface area contributed by atoms with Gasteiger partial charge in [-0.1, -0.05) is 12.1 Å². The van der Waals surface area contributed by atoms with Crippen molar-refractivity contribution in [1.29, 1.82) is 0 Å². The normalized spacial score (nSPS) is 10.6. The van der Waals surface area contributed by atoms with E-state index < -0.39 is 12.6 Å². The van der Waals surface area contributed by atoms with E-state index in [0.29, 0.717) is 17.0 Å². The van der Waals surface area contributed by atoms with Crippen molar-refractivity contribution in [1.82, 2.24) is 9.97 Å². The van der Waals surface area contributed by atoms with Gasteiger partial charge in [-0.25, -0.2) is 15.2 Å². The summed E-state index contributed by atoms with van der Waals surface area (Å²) in [6, 6.07) is 8.21. The second kappa shape index (κ2) is 7.02. The van der Waals surface area contributed by atoms with E-state index in [2.05, 4.69) is 20.5 Å². The number of nitrogens with one attached hydrogen (secondary N) is 2. The molecule has 0 amide bonds. The van der Waals surface area contributed by atoms with Crippen LogP contribution in [0.3, 0.4) is 0 Å². The number of aromatic nitrogens is 2. The smallest absolute Gasteiger partial charge is 0.341 e. The molecule has 0 bridgehead atoms. The lowest BCUT2D eigenvalue weighted by atomic mass is 10.2. The minimum absolute atomic E-state index is 0.213. The molecule has 1 aromatic heterocycles. The summed E-state index contributed by atoms with van der Waals surface area (Å²) in [6.07, 6.45) is 1.44. The molecule has 1 aromatic carbocycles. The first-order valence-electron chi connectivity index (χ1n) is 6.35. The number of carboxylic acid groups (broad SMARTS) is 1. The van der Waals surface area contributed by atoms with Gasteiger partial charge in [0.05, 0.1) is 6.21 Å². The second-order valence-electron chi connectivity index (χ2n) is 4.33. The van der Waals surface area contributed by atoms with E-state index in [-0.39, 0.29) is 11.5 Å². The molecular formula is C14H14N4O4. The minimum Gasteiger partial charge on any atom is -0.481 e. The quantitative estimate of drug-likeness (QED) is 0.541. The fourth-order valence-electron chi connectivity index (χ4n) is 1.65. The Morgan fingerprint density at radius 1 is 1.50 bits per heavy atom. The molecule has 0 fully saturated rings. The van der Waals surface area contributed by atoms with Crippen molar-refractivity contribution in [3.8, 4) is 5.75 Å². The van der Waals surface area contributed by atoms with Gasteiger partial charge in [0.1, 0.15) is 5.75 Å². The number of aliphatic carboxylic acids is 1. The number of anilines is 1. The van der Waals surface area contributed by atoms with E-state index in [9.17, 15) is 9.59 Å². The zero-order valence-corrected chi connectivity index (χ0v) is 11.7. The van der Waals surface area contributed by atoms with Crippen LogP contribution in [0, 0.1) is 6.92 Å². The van der Waals surface area contributed by atoms with Crippen LogP contribution in [0.15, 0.2) is 40.2 Å². The molecule has 22 heavy (non-hydrogen) atoms. The van der Waals surface area contributed by atoms with Crippen molar-refractivity contribution in [3.05, 3.63) is 51.9 Å². The molecule has 0 aliphatic rings. The highest BCUT2D eigenvalue weighted by molar-refractivity contribution is 5.84. The maximum Gasteiger partial charge on any atom is 0.341 e. The number of aryl methyl sites for hydroxylation is 1. The summed E-state index contributed by atoms with van der Waals surface area (Å²) in [4.78, 5) is 28.4. The molecule has 8 heteroatoms. The van der Waals surface area contributed by atoms with Crippen LogP contribution in [-0.4, -0.2) is 33.9 Å². The average molecular weight is 302 g/mol. The highest BCUT2D eigenvalue weighted by Crippen LogP contribution is 2.15. The number of hydrogen-bond acceptors (Lipinski definition) is 6. The zero-order valence-electron chi connectivity index (χ0n) is 11.7. The third-order valence-electron chi connectivity index (χ3n) is 2.51. The third-order valence-corrected chi connectivity index (χ3v) is 2.51. The van der Waals surface area contributed by atoms with Gasteiger partial charge in [-0.2, -0.15) is 5.10 Å². The molecular weight excluding hydrogens is 288 g/mol. The van der Waals surface area contributed by atoms with Crippen molar-refractivity contribution in [3.63, 3.8) is 0 Å².